The van der Waals surface area contributed by atoms with Gasteiger partial charge >= 0.3 is 16.5 Å². The molecule has 0 amide bonds. The molecule has 3 aromatic carbocycles. The van der Waals surface area contributed by atoms with Gasteiger partial charge in [0.2, 0.25) is 0 Å². The van der Waals surface area contributed by atoms with Crippen LogP contribution in [0.25, 0.3) is 44.1 Å². The molecule has 0 unspecified atom stereocenters. The van der Waals surface area contributed by atoms with Crippen LogP contribution in [0.4, 0.5) is 0 Å². The van der Waals surface area contributed by atoms with Crippen molar-refractivity contribution in [3.05, 3.63) is 111 Å². The Morgan fingerprint density at radius 2 is 0.848 bits per heavy atom. The summed E-state index contributed by atoms with van der Waals surface area (Å²) in [6.45, 7) is 4.11. The van der Waals surface area contributed by atoms with Crippen LogP contribution in [0.5, 0.6) is 0 Å². The molecule has 2 aromatic heterocycles. The van der Waals surface area contributed by atoms with Crippen LogP contribution in [-0.4, -0.2) is 9.97 Å². The van der Waals surface area contributed by atoms with Gasteiger partial charge in [-0.1, -0.05) is 72.8 Å². The van der Waals surface area contributed by atoms with Gasteiger partial charge in [-0.15, -0.1) is 0 Å². The van der Waals surface area contributed by atoms with Crippen LogP contribution < -0.4 is 34.0 Å². The molecule has 5 heteroatoms. The van der Waals surface area contributed by atoms with Gasteiger partial charge in [0.15, 0.2) is 0 Å². The van der Waals surface area contributed by atoms with Crippen LogP contribution in [-0.2, 0) is 16.5 Å². The second-order valence-corrected chi connectivity index (χ2v) is 7.21. The number of hydrogen-bond donors (Lipinski definition) is 0. The molecule has 5 aromatic rings. The molecule has 0 saturated carbocycles. The van der Waals surface area contributed by atoms with E-state index in [9.17, 15) is 0 Å². The Kier molecular flexibility index (Phi) is 12.2. The summed E-state index contributed by atoms with van der Waals surface area (Å²) < 4.78 is 0. The molecule has 0 bridgehead atoms. The number of benzene rings is 3. The smallest absolute Gasteiger partial charge is 1.00 e. The molecule has 2 heterocycles. The van der Waals surface area contributed by atoms with Crippen molar-refractivity contribution < 1.29 is 50.5 Å². The standard InChI is InChI=1S/C26H20N2.2CH3.2BrH.Ni/c1-17-15-23(19-9-5-3-6-10-19)21-13-14-22-24(20-11-7-4-8-12-20)16-18(2)28-26(22)25(21)27-17;;;;;/h3-16H,1-2H3;2*1H3;2*1H;/q;2*-1;;;+2/p-2. The topological polar surface area (TPSA) is 25.8 Å². The maximum Gasteiger partial charge on any atom is 2.00 e. The number of nitrogens with zero attached hydrogens (tertiary/aromatic N) is 2. The molecule has 0 atom stereocenters. The molecule has 0 spiro atoms. The molecule has 0 N–H and O–H groups in total. The average Bonchev–Trinajstić information content (AvgIpc) is 2.74. The van der Waals surface area contributed by atoms with Gasteiger partial charge in [-0.3, -0.25) is 9.97 Å². The Morgan fingerprint density at radius 1 is 0.515 bits per heavy atom. The van der Waals surface area contributed by atoms with E-state index in [0.29, 0.717) is 0 Å². The maximum absolute atomic E-state index is 4.90. The number of hydrogen-bond acceptors (Lipinski definition) is 2. The zero-order valence-electron chi connectivity index (χ0n) is 19.0. The second kappa shape index (κ2) is 13.0. The molecular formula is C28H26Br2N2Ni-2. The molecule has 5 rings (SSSR count). The minimum Gasteiger partial charge on any atom is -1.00 e. The van der Waals surface area contributed by atoms with Gasteiger partial charge in [-0.05, 0) is 48.2 Å². The monoisotopic (exact) mass is 606 g/mol. The first-order chi connectivity index (χ1) is 13.7. The molecule has 2 nitrogen and oxygen atoms in total. The van der Waals surface area contributed by atoms with E-state index in [1.54, 1.807) is 0 Å². The quantitative estimate of drug-likeness (QED) is 0.173. The largest absolute Gasteiger partial charge is 2.00 e. The first-order valence-corrected chi connectivity index (χ1v) is 9.53. The van der Waals surface area contributed by atoms with Crippen molar-refractivity contribution >= 4 is 21.8 Å². The molecule has 0 aliphatic carbocycles. The van der Waals surface area contributed by atoms with Crippen molar-refractivity contribution in [2.45, 2.75) is 13.8 Å². The van der Waals surface area contributed by atoms with Crippen molar-refractivity contribution in [1.82, 2.24) is 9.97 Å². The average molecular weight is 609 g/mol. The van der Waals surface area contributed by atoms with Gasteiger partial charge in [-0.25, -0.2) is 0 Å². The zero-order valence-corrected chi connectivity index (χ0v) is 23.2. The molecule has 0 fully saturated rings. The van der Waals surface area contributed by atoms with E-state index in [2.05, 4.69) is 86.6 Å². The third kappa shape index (κ3) is 5.90. The fourth-order valence-electron chi connectivity index (χ4n) is 3.94. The predicted molar refractivity (Wildman–Crippen MR) is 130 cm³/mol. The molecule has 0 aliphatic rings. The van der Waals surface area contributed by atoms with E-state index in [4.69, 9.17) is 9.97 Å². The summed E-state index contributed by atoms with van der Waals surface area (Å²) in [4.78, 5) is 9.81. The van der Waals surface area contributed by atoms with Gasteiger partial charge in [0.25, 0.3) is 0 Å². The minimum atomic E-state index is 0. The van der Waals surface area contributed by atoms with Gasteiger partial charge in [0.05, 0.1) is 11.0 Å². The Labute approximate surface area is 228 Å². The summed E-state index contributed by atoms with van der Waals surface area (Å²) >= 11 is 0. The summed E-state index contributed by atoms with van der Waals surface area (Å²) in [5.41, 5.74) is 8.76. The van der Waals surface area contributed by atoms with E-state index in [0.717, 1.165) is 33.2 Å². The van der Waals surface area contributed by atoms with Crippen molar-refractivity contribution in [1.29, 1.82) is 0 Å². The zero-order chi connectivity index (χ0) is 19.1. The Morgan fingerprint density at radius 3 is 1.18 bits per heavy atom. The normalized spacial score (nSPS) is 9.52. The number of fused-ring (bicyclic) bond motifs is 3. The summed E-state index contributed by atoms with van der Waals surface area (Å²) in [5.74, 6) is 0. The first kappa shape index (κ1) is 30.9. The van der Waals surface area contributed by atoms with Crippen molar-refractivity contribution in [2.75, 3.05) is 0 Å². The molecule has 174 valence electrons. The fraction of sp³-hybridized carbons (Fsp3) is 0.0714. The maximum atomic E-state index is 4.90. The van der Waals surface area contributed by atoms with Crippen LogP contribution in [0.2, 0.25) is 0 Å². The third-order valence-corrected chi connectivity index (χ3v) is 5.18. The van der Waals surface area contributed by atoms with Gasteiger partial charge < -0.3 is 48.8 Å². The summed E-state index contributed by atoms with van der Waals surface area (Å²) in [6.07, 6.45) is 0. The minimum absolute atomic E-state index is 0. The van der Waals surface area contributed by atoms with Crippen LogP contribution in [0.15, 0.2) is 84.9 Å². The summed E-state index contributed by atoms with van der Waals surface area (Å²) in [6, 6.07) is 29.7. The van der Waals surface area contributed by atoms with Crippen LogP contribution in [0.1, 0.15) is 11.4 Å². The number of aromatic nitrogens is 2. The summed E-state index contributed by atoms with van der Waals surface area (Å²) in [5, 5.41) is 2.28. The van der Waals surface area contributed by atoms with E-state index < -0.39 is 0 Å². The number of aryl methyl sites for hydroxylation is 2. The third-order valence-electron chi connectivity index (χ3n) is 5.18. The number of rotatable bonds is 2. The van der Waals surface area contributed by atoms with Crippen LogP contribution in [0, 0.1) is 28.7 Å². The van der Waals surface area contributed by atoms with Crippen molar-refractivity contribution in [3.63, 3.8) is 0 Å². The molecule has 0 aliphatic heterocycles. The van der Waals surface area contributed by atoms with Gasteiger partial charge in [0.1, 0.15) is 0 Å². The van der Waals surface area contributed by atoms with Crippen LogP contribution >= 0.6 is 0 Å². The van der Waals surface area contributed by atoms with E-state index >= 15 is 0 Å². The van der Waals surface area contributed by atoms with Gasteiger partial charge in [0, 0.05) is 22.2 Å². The summed E-state index contributed by atoms with van der Waals surface area (Å²) in [7, 11) is 0. The Balaban J connectivity index is 0.00000205. The Hall–Kier alpha value is -2.07. The van der Waals surface area contributed by atoms with E-state index in [1.807, 2.05) is 12.1 Å². The van der Waals surface area contributed by atoms with Crippen LogP contribution in [0.3, 0.4) is 0 Å². The molecule has 0 radical (unpaired) electrons. The number of halogens is 2. The Bertz CT molecular complexity index is 1220. The van der Waals surface area contributed by atoms with Crippen molar-refractivity contribution in [3.8, 4) is 22.3 Å². The molecule has 33 heavy (non-hydrogen) atoms. The van der Waals surface area contributed by atoms with Gasteiger partial charge in [-0.2, -0.15) is 0 Å². The second-order valence-electron chi connectivity index (χ2n) is 7.21. The SMILES string of the molecule is Cc1cc(-c2ccccc2)c2ccc3c(-c4ccccc4)cc(C)nc3c2n1.[Br-].[Br-].[CH3-].[CH3-].[Ni+2]. The number of pyridine rings is 2. The van der Waals surface area contributed by atoms with E-state index in [-0.39, 0.29) is 65.3 Å². The predicted octanol–water partition coefficient (Wildman–Crippen LogP) is 1.64. The fourth-order valence-corrected chi connectivity index (χ4v) is 3.94. The molecule has 0 saturated heterocycles. The first-order valence-electron chi connectivity index (χ1n) is 9.53. The molecular weight excluding hydrogens is 583 g/mol. The van der Waals surface area contributed by atoms with Crippen molar-refractivity contribution in [2.24, 2.45) is 0 Å². The van der Waals surface area contributed by atoms with E-state index in [1.165, 1.54) is 22.3 Å².